The van der Waals surface area contributed by atoms with Crippen LogP contribution in [0.2, 0.25) is 0 Å². The van der Waals surface area contributed by atoms with E-state index in [2.05, 4.69) is 15.5 Å². The third-order valence-electron chi connectivity index (χ3n) is 5.43. The molecule has 0 spiro atoms. The highest BCUT2D eigenvalue weighted by molar-refractivity contribution is 5.78. The maximum atomic E-state index is 14.1. The Morgan fingerprint density at radius 1 is 1.04 bits per heavy atom. The first-order valence-electron chi connectivity index (χ1n) is 9.57. The van der Waals surface area contributed by atoms with Crippen molar-refractivity contribution in [3.05, 3.63) is 59.9 Å². The Morgan fingerprint density at radius 3 is 2.50 bits per heavy atom. The molecule has 2 fully saturated rings. The van der Waals surface area contributed by atoms with Crippen molar-refractivity contribution >= 4 is 11.6 Å². The molecule has 2 aliphatic rings. The Balaban J connectivity index is 1.43. The molecular formula is C21H25FN4O2. The molecule has 2 aromatic rings. The summed E-state index contributed by atoms with van der Waals surface area (Å²) >= 11 is 0. The number of carbonyl (C=O) groups excluding carboxylic acids is 1. The van der Waals surface area contributed by atoms with Gasteiger partial charge in [-0.05, 0) is 18.2 Å². The number of amides is 1. The van der Waals surface area contributed by atoms with Gasteiger partial charge in [-0.3, -0.25) is 15.0 Å². The number of hydrogen-bond acceptors (Lipinski definition) is 5. The van der Waals surface area contributed by atoms with Crippen LogP contribution in [-0.4, -0.2) is 50.4 Å². The van der Waals surface area contributed by atoms with Gasteiger partial charge in [-0.2, -0.15) is 0 Å². The molecule has 148 valence electrons. The van der Waals surface area contributed by atoms with Crippen molar-refractivity contribution in [2.45, 2.75) is 18.8 Å². The van der Waals surface area contributed by atoms with Gasteiger partial charge in [0, 0.05) is 44.2 Å². The molecular weight excluding hydrogens is 359 g/mol. The number of benzene rings is 2. The molecule has 2 aromatic carbocycles. The zero-order valence-electron chi connectivity index (χ0n) is 15.9. The summed E-state index contributed by atoms with van der Waals surface area (Å²) in [5, 5.41) is 6.56. The Morgan fingerprint density at radius 2 is 1.75 bits per heavy atom. The maximum absolute atomic E-state index is 14.1. The van der Waals surface area contributed by atoms with Gasteiger partial charge in [0.15, 0.2) is 0 Å². The van der Waals surface area contributed by atoms with E-state index >= 15 is 0 Å². The molecule has 0 bridgehead atoms. The molecule has 0 radical (unpaired) electrons. The van der Waals surface area contributed by atoms with Crippen molar-refractivity contribution in [2.75, 3.05) is 38.2 Å². The topological polar surface area (TPSA) is 56.8 Å². The smallest absolute Gasteiger partial charge is 0.224 e. The summed E-state index contributed by atoms with van der Waals surface area (Å²) < 4.78 is 19.5. The number of para-hydroxylation sites is 2. The van der Waals surface area contributed by atoms with Crippen molar-refractivity contribution in [2.24, 2.45) is 0 Å². The lowest BCUT2D eigenvalue weighted by molar-refractivity contribution is -0.127. The molecule has 1 amide bonds. The molecule has 6 nitrogen and oxygen atoms in total. The largest absolute Gasteiger partial charge is 0.496 e. The summed E-state index contributed by atoms with van der Waals surface area (Å²) in [6.07, 6.45) is 0.116. The van der Waals surface area contributed by atoms with Crippen molar-refractivity contribution < 1.29 is 13.9 Å². The summed E-state index contributed by atoms with van der Waals surface area (Å²) in [7, 11) is 1.64. The summed E-state index contributed by atoms with van der Waals surface area (Å²) in [4.78, 5) is 16.6. The molecule has 4 rings (SSSR count). The van der Waals surface area contributed by atoms with E-state index in [1.54, 1.807) is 13.2 Å². The van der Waals surface area contributed by atoms with Crippen LogP contribution in [-0.2, 0) is 4.79 Å². The Kier molecular flexibility index (Phi) is 5.45. The van der Waals surface area contributed by atoms with Gasteiger partial charge in [0.05, 0.1) is 12.8 Å². The number of nitrogens with one attached hydrogen (secondary N) is 2. The van der Waals surface area contributed by atoms with E-state index in [1.165, 1.54) is 6.07 Å². The second-order valence-corrected chi connectivity index (χ2v) is 7.11. The summed E-state index contributed by atoms with van der Waals surface area (Å²) in [6.45, 7) is 2.86. The molecule has 2 heterocycles. The van der Waals surface area contributed by atoms with E-state index in [9.17, 15) is 9.18 Å². The molecule has 2 unspecified atom stereocenters. The van der Waals surface area contributed by atoms with Crippen LogP contribution in [0.3, 0.4) is 0 Å². The second kappa shape index (κ2) is 8.16. The lowest BCUT2D eigenvalue weighted by Gasteiger charge is -2.43. The highest BCUT2D eigenvalue weighted by Crippen LogP contribution is 2.29. The third kappa shape index (κ3) is 3.81. The maximum Gasteiger partial charge on any atom is 0.224 e. The van der Waals surface area contributed by atoms with Gasteiger partial charge in [0.25, 0.3) is 0 Å². The summed E-state index contributed by atoms with van der Waals surface area (Å²) in [5.74, 6) is 0.588. The van der Waals surface area contributed by atoms with E-state index < -0.39 is 0 Å². The normalized spacial score (nSPS) is 23.4. The fraction of sp³-hybridized carbons (Fsp3) is 0.381. The SMILES string of the molecule is COc1ccccc1C1CC(=O)NC(N2CCN(c3ccccc3F)CC2)N1. The number of anilines is 1. The van der Waals surface area contributed by atoms with E-state index in [0.717, 1.165) is 24.4 Å². The van der Waals surface area contributed by atoms with Crippen molar-refractivity contribution in [3.63, 3.8) is 0 Å². The van der Waals surface area contributed by atoms with Crippen LogP contribution in [0.1, 0.15) is 18.0 Å². The molecule has 2 atom stereocenters. The zero-order valence-corrected chi connectivity index (χ0v) is 15.9. The monoisotopic (exact) mass is 384 g/mol. The average molecular weight is 384 g/mol. The van der Waals surface area contributed by atoms with Crippen LogP contribution >= 0.6 is 0 Å². The summed E-state index contributed by atoms with van der Waals surface area (Å²) in [6, 6.07) is 14.5. The van der Waals surface area contributed by atoms with Gasteiger partial charge in [0.2, 0.25) is 5.91 Å². The number of carbonyl (C=O) groups is 1. The van der Waals surface area contributed by atoms with Crippen LogP contribution < -0.4 is 20.3 Å². The Labute approximate surface area is 164 Å². The van der Waals surface area contributed by atoms with Crippen LogP contribution in [0.4, 0.5) is 10.1 Å². The highest BCUT2D eigenvalue weighted by atomic mass is 19.1. The molecule has 0 saturated carbocycles. The lowest BCUT2D eigenvalue weighted by atomic mass is 10.0. The number of halogens is 1. The minimum atomic E-state index is -0.251. The van der Waals surface area contributed by atoms with Gasteiger partial charge >= 0.3 is 0 Å². The predicted octanol–water partition coefficient (Wildman–Crippen LogP) is 2.09. The van der Waals surface area contributed by atoms with Crippen LogP contribution in [0.25, 0.3) is 0 Å². The molecule has 2 saturated heterocycles. The molecule has 28 heavy (non-hydrogen) atoms. The first-order valence-corrected chi connectivity index (χ1v) is 9.57. The third-order valence-corrected chi connectivity index (χ3v) is 5.43. The lowest BCUT2D eigenvalue weighted by Crippen LogP contribution is -2.64. The van der Waals surface area contributed by atoms with E-state index in [0.29, 0.717) is 25.2 Å². The molecule has 0 aromatic heterocycles. The summed E-state index contributed by atoms with van der Waals surface area (Å²) in [5.41, 5.74) is 1.62. The van der Waals surface area contributed by atoms with Gasteiger partial charge in [-0.1, -0.05) is 30.3 Å². The first-order chi connectivity index (χ1) is 13.7. The predicted molar refractivity (Wildman–Crippen MR) is 106 cm³/mol. The number of ether oxygens (including phenoxy) is 1. The van der Waals surface area contributed by atoms with Gasteiger partial charge in [0.1, 0.15) is 17.9 Å². The Bertz CT molecular complexity index is 839. The number of methoxy groups -OCH3 is 1. The average Bonchev–Trinajstić information content (AvgIpc) is 2.74. The van der Waals surface area contributed by atoms with Crippen LogP contribution in [0.15, 0.2) is 48.5 Å². The van der Waals surface area contributed by atoms with Gasteiger partial charge in [-0.25, -0.2) is 4.39 Å². The Hall–Kier alpha value is -2.64. The fourth-order valence-electron chi connectivity index (χ4n) is 3.97. The zero-order chi connectivity index (χ0) is 19.5. The van der Waals surface area contributed by atoms with E-state index in [4.69, 9.17) is 4.74 Å². The quantitative estimate of drug-likeness (QED) is 0.846. The fourth-order valence-corrected chi connectivity index (χ4v) is 3.97. The molecule has 2 N–H and O–H groups in total. The molecule has 2 aliphatic heterocycles. The van der Waals surface area contributed by atoms with Crippen LogP contribution in [0, 0.1) is 5.82 Å². The van der Waals surface area contributed by atoms with Gasteiger partial charge in [-0.15, -0.1) is 0 Å². The molecule has 0 aliphatic carbocycles. The first kappa shape index (κ1) is 18.7. The van der Waals surface area contributed by atoms with Gasteiger partial charge < -0.3 is 15.0 Å². The highest BCUT2D eigenvalue weighted by Gasteiger charge is 2.33. The van der Waals surface area contributed by atoms with Crippen LogP contribution in [0.5, 0.6) is 5.75 Å². The number of rotatable bonds is 4. The van der Waals surface area contributed by atoms with E-state index in [1.807, 2.05) is 41.3 Å². The minimum absolute atomic E-state index is 0.0104. The number of piperazine rings is 1. The van der Waals surface area contributed by atoms with E-state index in [-0.39, 0.29) is 24.1 Å². The number of nitrogens with zero attached hydrogens (tertiary/aromatic N) is 2. The number of hydrogen-bond donors (Lipinski definition) is 2. The van der Waals surface area contributed by atoms with Crippen molar-refractivity contribution in [1.29, 1.82) is 0 Å². The standard InChI is InChI=1S/C21H25FN4O2/c1-28-19-9-5-2-6-15(19)17-14-20(27)24-21(23-17)26-12-10-25(11-13-26)18-8-4-3-7-16(18)22/h2-9,17,21,23H,10-14H2,1H3,(H,24,27). The second-order valence-electron chi connectivity index (χ2n) is 7.11. The van der Waals surface area contributed by atoms with Crippen molar-refractivity contribution in [3.8, 4) is 5.75 Å². The minimum Gasteiger partial charge on any atom is -0.496 e. The van der Waals surface area contributed by atoms with Crippen molar-refractivity contribution in [1.82, 2.24) is 15.5 Å². The molecule has 7 heteroatoms.